The van der Waals surface area contributed by atoms with E-state index >= 15 is 0 Å². The maximum Gasteiger partial charge on any atom is 0.109 e. The number of nitrogens with one attached hydrogen (secondary N) is 1. The maximum absolute atomic E-state index is 5.94. The highest BCUT2D eigenvalue weighted by Crippen LogP contribution is 2.30. The molecule has 1 heterocycles. The lowest BCUT2D eigenvalue weighted by atomic mass is 9.86. The zero-order chi connectivity index (χ0) is 10.0. The van der Waals surface area contributed by atoms with E-state index in [0.29, 0.717) is 6.23 Å². The number of hydrogen-bond donors (Lipinski definition) is 1. The summed E-state index contributed by atoms with van der Waals surface area (Å²) in [7, 11) is 0. The molecule has 82 valence electrons. The zero-order valence-corrected chi connectivity index (χ0v) is 9.51. The Morgan fingerprint density at radius 1 is 1.21 bits per heavy atom. The minimum Gasteiger partial charge on any atom is -0.356 e. The van der Waals surface area contributed by atoms with Crippen molar-refractivity contribution in [2.24, 2.45) is 5.92 Å². The first-order valence-electron chi connectivity index (χ1n) is 6.07. The van der Waals surface area contributed by atoms with Crippen LogP contribution < -0.4 is 5.32 Å². The molecule has 2 nitrogen and oxygen atoms in total. The van der Waals surface area contributed by atoms with Gasteiger partial charge in [0.1, 0.15) is 6.23 Å². The van der Waals surface area contributed by atoms with Crippen LogP contribution >= 0.6 is 0 Å². The first kappa shape index (κ1) is 10.4. The highest BCUT2D eigenvalue weighted by Gasteiger charge is 2.32. The molecule has 2 rings (SSSR count). The second-order valence-electron chi connectivity index (χ2n) is 5.49. The summed E-state index contributed by atoms with van der Waals surface area (Å²) in [5, 5.41) is 3.47. The molecule has 2 heteroatoms. The van der Waals surface area contributed by atoms with E-state index in [-0.39, 0.29) is 5.60 Å². The van der Waals surface area contributed by atoms with Gasteiger partial charge in [-0.1, -0.05) is 32.1 Å². The van der Waals surface area contributed by atoms with Crippen LogP contribution in [0.2, 0.25) is 0 Å². The molecule has 0 aromatic carbocycles. The normalized spacial score (nSPS) is 33.4. The summed E-state index contributed by atoms with van der Waals surface area (Å²) >= 11 is 0. The van der Waals surface area contributed by atoms with Crippen molar-refractivity contribution < 1.29 is 4.74 Å². The van der Waals surface area contributed by atoms with Gasteiger partial charge in [-0.05, 0) is 26.2 Å². The van der Waals surface area contributed by atoms with E-state index in [2.05, 4.69) is 19.2 Å². The number of ether oxygens (including phenoxy) is 1. The zero-order valence-electron chi connectivity index (χ0n) is 9.51. The van der Waals surface area contributed by atoms with E-state index in [4.69, 9.17) is 4.74 Å². The Morgan fingerprint density at radius 2 is 1.93 bits per heavy atom. The summed E-state index contributed by atoms with van der Waals surface area (Å²) in [6.07, 6.45) is 8.70. The van der Waals surface area contributed by atoms with Gasteiger partial charge in [-0.25, -0.2) is 0 Å². The van der Waals surface area contributed by atoms with Gasteiger partial charge in [-0.3, -0.25) is 5.32 Å². The summed E-state index contributed by atoms with van der Waals surface area (Å²) in [6, 6.07) is 0. The highest BCUT2D eigenvalue weighted by molar-refractivity contribution is 4.83. The molecule has 0 unspecified atom stereocenters. The number of hydrogen-bond acceptors (Lipinski definition) is 2. The number of rotatable bonds is 2. The molecule has 1 N–H and O–H groups in total. The third-order valence-corrected chi connectivity index (χ3v) is 3.49. The minimum absolute atomic E-state index is 0.0549. The second kappa shape index (κ2) is 4.19. The van der Waals surface area contributed by atoms with Crippen molar-refractivity contribution in [1.29, 1.82) is 0 Å². The molecule has 14 heavy (non-hydrogen) atoms. The van der Waals surface area contributed by atoms with Crippen molar-refractivity contribution >= 4 is 0 Å². The van der Waals surface area contributed by atoms with Crippen LogP contribution in [0.5, 0.6) is 0 Å². The van der Waals surface area contributed by atoms with Crippen LogP contribution in [0.25, 0.3) is 0 Å². The first-order chi connectivity index (χ1) is 6.66. The van der Waals surface area contributed by atoms with Crippen LogP contribution in [0.4, 0.5) is 0 Å². The van der Waals surface area contributed by atoms with Crippen LogP contribution in [-0.2, 0) is 4.74 Å². The van der Waals surface area contributed by atoms with E-state index in [9.17, 15) is 0 Å². The lowest BCUT2D eigenvalue weighted by Gasteiger charge is -2.25. The molecule has 0 radical (unpaired) electrons. The minimum atomic E-state index is 0.0549. The largest absolute Gasteiger partial charge is 0.356 e. The Balaban J connectivity index is 1.75. The molecule has 1 saturated heterocycles. The van der Waals surface area contributed by atoms with Crippen LogP contribution in [0.1, 0.15) is 52.4 Å². The second-order valence-corrected chi connectivity index (χ2v) is 5.49. The predicted molar refractivity (Wildman–Crippen MR) is 58.1 cm³/mol. The Bertz CT molecular complexity index is 185. The fourth-order valence-corrected chi connectivity index (χ4v) is 2.69. The molecule has 2 fully saturated rings. The van der Waals surface area contributed by atoms with Gasteiger partial charge in [0.2, 0.25) is 0 Å². The molecule has 0 spiro atoms. The van der Waals surface area contributed by atoms with Crippen molar-refractivity contribution in [1.82, 2.24) is 5.32 Å². The Kier molecular flexibility index (Phi) is 3.13. The van der Waals surface area contributed by atoms with E-state index in [0.717, 1.165) is 12.5 Å². The van der Waals surface area contributed by atoms with Gasteiger partial charge in [0.25, 0.3) is 0 Å². The third kappa shape index (κ3) is 2.71. The quantitative estimate of drug-likeness (QED) is 0.735. The molecule has 2 aliphatic rings. The predicted octanol–water partition coefficient (Wildman–Crippen LogP) is 2.68. The van der Waals surface area contributed by atoms with E-state index in [1.165, 1.54) is 38.5 Å². The van der Waals surface area contributed by atoms with Crippen molar-refractivity contribution in [3.05, 3.63) is 0 Å². The summed E-state index contributed by atoms with van der Waals surface area (Å²) in [4.78, 5) is 0. The van der Waals surface area contributed by atoms with Gasteiger partial charge in [-0.2, -0.15) is 0 Å². The molecule has 1 atom stereocenters. The lowest BCUT2D eigenvalue weighted by molar-refractivity contribution is -0.0266. The molecule has 0 aromatic rings. The van der Waals surface area contributed by atoms with E-state index in [1.807, 2.05) is 0 Å². The molecule has 1 aliphatic heterocycles. The van der Waals surface area contributed by atoms with Gasteiger partial charge >= 0.3 is 0 Å². The van der Waals surface area contributed by atoms with Crippen LogP contribution in [0, 0.1) is 5.92 Å². The van der Waals surface area contributed by atoms with Crippen LogP contribution in [0.3, 0.4) is 0 Å². The van der Waals surface area contributed by atoms with Crippen molar-refractivity contribution in [3.8, 4) is 0 Å². The average Bonchev–Trinajstić information content (AvgIpc) is 2.47. The van der Waals surface area contributed by atoms with Crippen LogP contribution in [0.15, 0.2) is 0 Å². The summed E-state index contributed by atoms with van der Waals surface area (Å²) in [6.45, 7) is 5.34. The molecular formula is C12H23NO. The highest BCUT2D eigenvalue weighted by atomic mass is 16.5. The van der Waals surface area contributed by atoms with Crippen molar-refractivity contribution in [2.45, 2.75) is 64.2 Å². The molecule has 0 bridgehead atoms. The van der Waals surface area contributed by atoms with Crippen molar-refractivity contribution in [2.75, 3.05) is 6.54 Å². The fraction of sp³-hybridized carbons (Fsp3) is 1.00. The summed E-state index contributed by atoms with van der Waals surface area (Å²) in [5.74, 6) is 0.912. The topological polar surface area (TPSA) is 21.3 Å². The summed E-state index contributed by atoms with van der Waals surface area (Å²) in [5.41, 5.74) is 0.0549. The molecule has 0 amide bonds. The fourth-order valence-electron chi connectivity index (χ4n) is 2.69. The van der Waals surface area contributed by atoms with Gasteiger partial charge < -0.3 is 4.74 Å². The first-order valence-corrected chi connectivity index (χ1v) is 6.07. The lowest BCUT2D eigenvalue weighted by Crippen LogP contribution is -2.26. The van der Waals surface area contributed by atoms with E-state index in [1.54, 1.807) is 0 Å². The maximum atomic E-state index is 5.94. The van der Waals surface area contributed by atoms with Gasteiger partial charge in [0.15, 0.2) is 0 Å². The van der Waals surface area contributed by atoms with Gasteiger partial charge in [0, 0.05) is 6.54 Å². The van der Waals surface area contributed by atoms with Gasteiger partial charge in [-0.15, -0.1) is 0 Å². The van der Waals surface area contributed by atoms with Crippen molar-refractivity contribution in [3.63, 3.8) is 0 Å². The smallest absolute Gasteiger partial charge is 0.109 e. The Morgan fingerprint density at radius 3 is 2.50 bits per heavy atom. The standard InChI is InChI=1S/C12H23NO/c1-12(2)9-13-11(14-12)8-10-6-4-3-5-7-10/h10-11,13H,3-9H2,1-2H3/t11-/m0/s1. The average molecular weight is 197 g/mol. The Hall–Kier alpha value is -0.0800. The SMILES string of the molecule is CC1(C)CN[C@H](CC2CCCCC2)O1. The summed E-state index contributed by atoms with van der Waals surface area (Å²) < 4.78 is 5.94. The molecule has 0 aromatic heterocycles. The molecular weight excluding hydrogens is 174 g/mol. The molecule has 1 saturated carbocycles. The van der Waals surface area contributed by atoms with Crippen LogP contribution in [-0.4, -0.2) is 18.4 Å². The third-order valence-electron chi connectivity index (χ3n) is 3.49. The molecule has 1 aliphatic carbocycles. The van der Waals surface area contributed by atoms with E-state index < -0.39 is 0 Å². The Labute approximate surface area is 87.4 Å². The van der Waals surface area contributed by atoms with Gasteiger partial charge in [0.05, 0.1) is 5.60 Å². The monoisotopic (exact) mass is 197 g/mol.